The molecule has 1 atom stereocenters. The number of aliphatic imine (C=N–C) groups is 1. The van der Waals surface area contributed by atoms with E-state index in [0.29, 0.717) is 5.69 Å². The topological polar surface area (TPSA) is 64.3 Å². The first-order valence-corrected chi connectivity index (χ1v) is 6.79. The Morgan fingerprint density at radius 2 is 2.25 bits per heavy atom. The molecular formula is C10H17N3O2S. The van der Waals surface area contributed by atoms with Gasteiger partial charge in [0.2, 0.25) is 5.03 Å². The van der Waals surface area contributed by atoms with Gasteiger partial charge in [-0.15, -0.1) is 0 Å². The van der Waals surface area contributed by atoms with Crippen LogP contribution in [0.4, 0.5) is 5.69 Å². The molecule has 0 N–H and O–H groups in total. The quantitative estimate of drug-likeness (QED) is 0.737. The molecule has 0 fully saturated rings. The van der Waals surface area contributed by atoms with Crippen LogP contribution >= 0.6 is 0 Å². The fraction of sp³-hybridized carbons (Fsp3) is 0.600. The van der Waals surface area contributed by atoms with E-state index in [1.165, 1.54) is 4.68 Å². The molecule has 0 aromatic carbocycles. The lowest BCUT2D eigenvalue weighted by atomic mass is 10.2. The molecule has 1 rings (SSSR count). The molecule has 1 heterocycles. The molecule has 1 aromatic heterocycles. The Balaban J connectivity index is 3.11. The van der Waals surface area contributed by atoms with Crippen molar-refractivity contribution >= 4 is 22.2 Å². The van der Waals surface area contributed by atoms with E-state index >= 15 is 0 Å². The molecule has 0 aliphatic rings. The molecule has 0 saturated heterocycles. The zero-order valence-corrected chi connectivity index (χ0v) is 10.7. The second-order valence-electron chi connectivity index (χ2n) is 3.95. The van der Waals surface area contributed by atoms with E-state index in [-0.39, 0.29) is 16.7 Å². The molecule has 0 radical (unpaired) electrons. The molecule has 0 bridgehead atoms. The highest BCUT2D eigenvalue weighted by Gasteiger charge is 2.24. The maximum Gasteiger partial charge on any atom is 0.202 e. The summed E-state index contributed by atoms with van der Waals surface area (Å²) in [6.07, 6.45) is 2.37. The number of aromatic nitrogens is 2. The lowest BCUT2D eigenvalue weighted by Crippen LogP contribution is -2.14. The predicted molar refractivity (Wildman–Crippen MR) is 63.9 cm³/mol. The summed E-state index contributed by atoms with van der Waals surface area (Å²) in [6.45, 7) is 7.22. The zero-order valence-electron chi connectivity index (χ0n) is 9.84. The van der Waals surface area contributed by atoms with Crippen molar-refractivity contribution in [3.8, 4) is 0 Å². The Hall–Kier alpha value is -1.17. The number of nitrogens with zero attached hydrogens (tertiary/aromatic N) is 3. The van der Waals surface area contributed by atoms with Gasteiger partial charge in [0.1, 0.15) is 5.69 Å². The van der Waals surface area contributed by atoms with Crippen molar-refractivity contribution in [3.63, 3.8) is 0 Å². The molecule has 1 aromatic rings. The van der Waals surface area contributed by atoms with Crippen LogP contribution in [0.15, 0.2) is 16.2 Å². The van der Waals surface area contributed by atoms with E-state index in [4.69, 9.17) is 0 Å². The van der Waals surface area contributed by atoms with Crippen LogP contribution in [0.25, 0.3) is 0 Å². The van der Waals surface area contributed by atoms with E-state index in [1.807, 2.05) is 13.8 Å². The largest absolute Gasteiger partial charge is 0.272 e. The van der Waals surface area contributed by atoms with Gasteiger partial charge in [0.25, 0.3) is 0 Å². The van der Waals surface area contributed by atoms with Gasteiger partial charge in [-0.1, -0.05) is 20.3 Å². The van der Waals surface area contributed by atoms with Crippen molar-refractivity contribution in [3.05, 3.63) is 6.20 Å². The Bertz CT molecular complexity index is 476. The van der Waals surface area contributed by atoms with Crippen LogP contribution in [0.3, 0.4) is 0 Å². The molecule has 5 nitrogen and oxygen atoms in total. The van der Waals surface area contributed by atoms with Crippen LogP contribution < -0.4 is 0 Å². The van der Waals surface area contributed by atoms with Crippen LogP contribution in [0.2, 0.25) is 0 Å². The standard InChI is InChI=1S/C10H17N3O2S/c1-5-8(2)7-16(14,15)10-9(11-3)6-13(4)12-10/h6,8H,3,5,7H2,1-2,4H3. The first-order valence-electron chi connectivity index (χ1n) is 5.13. The Labute approximate surface area is 96.1 Å². The highest BCUT2D eigenvalue weighted by molar-refractivity contribution is 7.91. The van der Waals surface area contributed by atoms with E-state index in [2.05, 4.69) is 16.8 Å². The van der Waals surface area contributed by atoms with Gasteiger partial charge in [0.15, 0.2) is 9.84 Å². The van der Waals surface area contributed by atoms with Gasteiger partial charge in [-0.2, -0.15) is 5.10 Å². The highest BCUT2D eigenvalue weighted by atomic mass is 32.2. The summed E-state index contributed by atoms with van der Waals surface area (Å²) in [7, 11) is -1.70. The van der Waals surface area contributed by atoms with Crippen molar-refractivity contribution in [2.45, 2.75) is 25.3 Å². The molecule has 0 amide bonds. The van der Waals surface area contributed by atoms with Gasteiger partial charge in [-0.3, -0.25) is 9.67 Å². The molecular weight excluding hydrogens is 226 g/mol. The minimum absolute atomic E-state index is 0.0327. The van der Waals surface area contributed by atoms with Crippen molar-refractivity contribution in [1.29, 1.82) is 0 Å². The summed E-state index contributed by atoms with van der Waals surface area (Å²) in [5, 5.41) is 3.97. The fourth-order valence-electron chi connectivity index (χ4n) is 1.36. The summed E-state index contributed by atoms with van der Waals surface area (Å²) in [4.78, 5) is 3.68. The molecule has 90 valence electrons. The molecule has 1 unspecified atom stereocenters. The first-order chi connectivity index (χ1) is 7.40. The molecule has 0 aliphatic heterocycles. The third-order valence-corrected chi connectivity index (χ3v) is 4.33. The summed E-state index contributed by atoms with van der Waals surface area (Å²) in [5.41, 5.74) is 0.325. The van der Waals surface area contributed by atoms with E-state index < -0.39 is 9.84 Å². The summed E-state index contributed by atoms with van der Waals surface area (Å²) in [6, 6.07) is 0. The second-order valence-corrected chi connectivity index (χ2v) is 5.90. The minimum Gasteiger partial charge on any atom is -0.272 e. The Kier molecular flexibility index (Phi) is 3.85. The average Bonchev–Trinajstić information content (AvgIpc) is 2.59. The Morgan fingerprint density at radius 1 is 1.62 bits per heavy atom. The van der Waals surface area contributed by atoms with Gasteiger partial charge in [0, 0.05) is 7.05 Å². The van der Waals surface area contributed by atoms with Gasteiger partial charge in [-0.25, -0.2) is 8.42 Å². The normalized spacial score (nSPS) is 13.7. The third kappa shape index (κ3) is 2.69. The van der Waals surface area contributed by atoms with Gasteiger partial charge in [0.05, 0.1) is 11.9 Å². The molecule has 0 aliphatic carbocycles. The predicted octanol–water partition coefficient (Wildman–Crippen LogP) is 1.57. The second kappa shape index (κ2) is 4.78. The SMILES string of the molecule is C=Nc1cn(C)nc1S(=O)(=O)CC(C)CC. The minimum atomic E-state index is -3.36. The maximum absolute atomic E-state index is 12.0. The van der Waals surface area contributed by atoms with Crippen LogP contribution in [-0.2, 0) is 16.9 Å². The average molecular weight is 243 g/mol. The smallest absolute Gasteiger partial charge is 0.202 e. The van der Waals surface area contributed by atoms with Crippen molar-refractivity contribution in [2.24, 2.45) is 18.0 Å². The fourth-order valence-corrected chi connectivity index (χ4v) is 3.19. The van der Waals surface area contributed by atoms with E-state index in [9.17, 15) is 8.42 Å². The lowest BCUT2D eigenvalue weighted by molar-refractivity contribution is 0.558. The first kappa shape index (κ1) is 12.9. The van der Waals surface area contributed by atoms with E-state index in [1.54, 1.807) is 13.2 Å². The summed E-state index contributed by atoms with van der Waals surface area (Å²) >= 11 is 0. The van der Waals surface area contributed by atoms with Crippen LogP contribution in [0.5, 0.6) is 0 Å². The highest BCUT2D eigenvalue weighted by Crippen LogP contribution is 2.24. The summed E-state index contributed by atoms with van der Waals surface area (Å²) < 4.78 is 25.5. The van der Waals surface area contributed by atoms with Gasteiger partial charge >= 0.3 is 0 Å². The number of sulfone groups is 1. The number of rotatable bonds is 5. The van der Waals surface area contributed by atoms with Crippen LogP contribution in [0, 0.1) is 5.92 Å². The monoisotopic (exact) mass is 243 g/mol. The van der Waals surface area contributed by atoms with Gasteiger partial charge < -0.3 is 0 Å². The van der Waals surface area contributed by atoms with Crippen molar-refractivity contribution in [2.75, 3.05) is 5.75 Å². The van der Waals surface area contributed by atoms with E-state index in [0.717, 1.165) is 6.42 Å². The third-order valence-electron chi connectivity index (χ3n) is 2.44. The zero-order chi connectivity index (χ0) is 12.3. The van der Waals surface area contributed by atoms with Crippen molar-refractivity contribution in [1.82, 2.24) is 9.78 Å². The van der Waals surface area contributed by atoms with Crippen LogP contribution in [0.1, 0.15) is 20.3 Å². The van der Waals surface area contributed by atoms with Crippen molar-refractivity contribution < 1.29 is 8.42 Å². The lowest BCUT2D eigenvalue weighted by Gasteiger charge is -2.07. The number of hydrogen-bond acceptors (Lipinski definition) is 4. The number of hydrogen-bond donors (Lipinski definition) is 0. The summed E-state index contributed by atoms with van der Waals surface area (Å²) in [5.74, 6) is 0.216. The molecule has 16 heavy (non-hydrogen) atoms. The van der Waals surface area contributed by atoms with Gasteiger partial charge in [-0.05, 0) is 12.6 Å². The Morgan fingerprint density at radius 3 is 2.75 bits per heavy atom. The molecule has 0 saturated carbocycles. The molecule has 6 heteroatoms. The van der Waals surface area contributed by atoms with Crippen LogP contribution in [-0.4, -0.2) is 30.7 Å². The maximum atomic E-state index is 12.0. The number of aryl methyl sites for hydroxylation is 1. The molecule has 0 spiro atoms.